The van der Waals surface area contributed by atoms with Crippen molar-refractivity contribution in [2.75, 3.05) is 7.11 Å². The molecule has 5 nitrogen and oxygen atoms in total. The molecular weight excluding hydrogens is 280 g/mol. The molecule has 2 N–H and O–H groups in total. The van der Waals surface area contributed by atoms with Gasteiger partial charge in [-0.1, -0.05) is 18.2 Å². The van der Waals surface area contributed by atoms with E-state index in [1.807, 2.05) is 24.3 Å². The Hall–Kier alpha value is -1.85. The van der Waals surface area contributed by atoms with Crippen LogP contribution >= 0.6 is 12.4 Å². The number of hydrogen-bond donors (Lipinski definition) is 1. The van der Waals surface area contributed by atoms with Gasteiger partial charge in [0.05, 0.1) is 19.0 Å². The summed E-state index contributed by atoms with van der Waals surface area (Å²) < 4.78 is 6.16. The molecule has 0 unspecified atom stereocenters. The molecule has 1 heterocycles. The van der Waals surface area contributed by atoms with Crippen LogP contribution in [0.25, 0.3) is 10.9 Å². The average molecular weight is 297 g/mol. The summed E-state index contributed by atoms with van der Waals surface area (Å²) in [6, 6.07) is 6.99. The van der Waals surface area contributed by atoms with E-state index in [2.05, 4.69) is 4.74 Å². The van der Waals surface area contributed by atoms with E-state index in [4.69, 9.17) is 5.73 Å². The summed E-state index contributed by atoms with van der Waals surface area (Å²) in [5.41, 5.74) is 7.60. The first-order valence-corrected chi connectivity index (χ1v) is 5.98. The van der Waals surface area contributed by atoms with E-state index in [0.29, 0.717) is 0 Å². The van der Waals surface area contributed by atoms with Gasteiger partial charge in [0.2, 0.25) is 5.91 Å². The first kappa shape index (κ1) is 16.2. The Kier molecular flexibility index (Phi) is 5.30. The monoisotopic (exact) mass is 296 g/mol. The third kappa shape index (κ3) is 3.00. The zero-order valence-electron chi connectivity index (χ0n) is 11.3. The van der Waals surface area contributed by atoms with Crippen LogP contribution in [0.1, 0.15) is 29.7 Å². The van der Waals surface area contributed by atoms with Crippen molar-refractivity contribution in [2.45, 2.75) is 19.4 Å². The van der Waals surface area contributed by atoms with Crippen molar-refractivity contribution in [3.05, 3.63) is 36.0 Å². The molecule has 2 aromatic rings. The molecule has 0 aliphatic carbocycles. The van der Waals surface area contributed by atoms with Crippen molar-refractivity contribution in [1.82, 2.24) is 4.57 Å². The second-order valence-electron chi connectivity index (χ2n) is 4.38. The van der Waals surface area contributed by atoms with Gasteiger partial charge in [0.25, 0.3) is 0 Å². The van der Waals surface area contributed by atoms with Crippen LogP contribution in [0, 0.1) is 0 Å². The normalized spacial score (nSPS) is 11.8. The molecular formula is C14H17ClN2O3. The Morgan fingerprint density at radius 1 is 1.35 bits per heavy atom. The number of halogens is 1. The third-order valence-corrected chi connectivity index (χ3v) is 3.10. The van der Waals surface area contributed by atoms with Crippen molar-refractivity contribution in [1.29, 1.82) is 0 Å². The lowest BCUT2D eigenvalue weighted by Crippen LogP contribution is -2.16. The molecule has 20 heavy (non-hydrogen) atoms. The van der Waals surface area contributed by atoms with Gasteiger partial charge in [-0.2, -0.15) is 0 Å². The molecule has 0 aliphatic rings. The number of ether oxygens (including phenoxy) is 1. The molecule has 2 rings (SSSR count). The van der Waals surface area contributed by atoms with E-state index in [1.54, 1.807) is 10.8 Å². The number of carbonyl (C=O) groups is 2. The number of para-hydroxylation sites is 1. The van der Waals surface area contributed by atoms with Crippen LogP contribution in [-0.4, -0.2) is 23.6 Å². The third-order valence-electron chi connectivity index (χ3n) is 3.10. The standard InChI is InChI=1S/C14H16N2O3.ClH/c1-9(17)16-8-11(12(15)7-14(18)19-2)10-5-3-4-6-13(10)16;/h3-6,8,12H,7,15H2,1-2H3;1H/t12-;/m1./s1. The van der Waals surface area contributed by atoms with Crippen LogP contribution < -0.4 is 5.73 Å². The van der Waals surface area contributed by atoms with E-state index in [-0.39, 0.29) is 30.7 Å². The fourth-order valence-corrected chi connectivity index (χ4v) is 2.13. The van der Waals surface area contributed by atoms with Gasteiger partial charge < -0.3 is 10.5 Å². The molecule has 0 bridgehead atoms. The minimum absolute atomic E-state index is 0. The molecule has 1 aromatic heterocycles. The Balaban J connectivity index is 0.00000200. The van der Waals surface area contributed by atoms with Crippen LogP contribution in [-0.2, 0) is 9.53 Å². The van der Waals surface area contributed by atoms with Gasteiger partial charge in [-0.25, -0.2) is 0 Å². The van der Waals surface area contributed by atoms with Gasteiger partial charge in [-0.05, 0) is 11.6 Å². The van der Waals surface area contributed by atoms with E-state index < -0.39 is 6.04 Å². The summed E-state index contributed by atoms with van der Waals surface area (Å²) >= 11 is 0. The first-order chi connectivity index (χ1) is 9.04. The fraction of sp³-hybridized carbons (Fsp3) is 0.286. The highest BCUT2D eigenvalue weighted by molar-refractivity contribution is 5.94. The van der Waals surface area contributed by atoms with Gasteiger partial charge in [0.1, 0.15) is 0 Å². The number of fused-ring (bicyclic) bond motifs is 1. The fourth-order valence-electron chi connectivity index (χ4n) is 2.13. The highest BCUT2D eigenvalue weighted by Crippen LogP contribution is 2.27. The summed E-state index contributed by atoms with van der Waals surface area (Å²) in [6.07, 6.45) is 1.78. The lowest BCUT2D eigenvalue weighted by Gasteiger charge is -2.08. The number of nitrogens with zero attached hydrogens (tertiary/aromatic N) is 1. The summed E-state index contributed by atoms with van der Waals surface area (Å²) in [7, 11) is 1.33. The van der Waals surface area contributed by atoms with Crippen molar-refractivity contribution in [3.8, 4) is 0 Å². The number of methoxy groups -OCH3 is 1. The summed E-state index contributed by atoms with van der Waals surface area (Å²) in [6.45, 7) is 1.49. The zero-order valence-corrected chi connectivity index (χ0v) is 12.1. The topological polar surface area (TPSA) is 74.3 Å². The number of hydrogen-bond acceptors (Lipinski definition) is 4. The lowest BCUT2D eigenvalue weighted by molar-refractivity contribution is -0.141. The van der Waals surface area contributed by atoms with Gasteiger partial charge in [-0.15, -0.1) is 12.4 Å². The van der Waals surface area contributed by atoms with Crippen molar-refractivity contribution >= 4 is 35.2 Å². The van der Waals surface area contributed by atoms with Crippen molar-refractivity contribution < 1.29 is 14.3 Å². The Bertz CT molecular complexity index is 636. The highest BCUT2D eigenvalue weighted by atomic mass is 35.5. The Morgan fingerprint density at radius 3 is 2.60 bits per heavy atom. The zero-order chi connectivity index (χ0) is 14.0. The predicted molar refractivity (Wildman–Crippen MR) is 79.0 cm³/mol. The Labute approximate surface area is 123 Å². The molecule has 0 fully saturated rings. The van der Waals surface area contributed by atoms with Gasteiger partial charge >= 0.3 is 5.97 Å². The van der Waals surface area contributed by atoms with E-state index in [1.165, 1.54) is 14.0 Å². The van der Waals surface area contributed by atoms with Crippen molar-refractivity contribution in [3.63, 3.8) is 0 Å². The molecule has 0 saturated carbocycles. The molecule has 0 saturated heterocycles. The lowest BCUT2D eigenvalue weighted by atomic mass is 10.0. The highest BCUT2D eigenvalue weighted by Gasteiger charge is 2.18. The maximum Gasteiger partial charge on any atom is 0.307 e. The van der Waals surface area contributed by atoms with E-state index in [0.717, 1.165) is 16.5 Å². The Morgan fingerprint density at radius 2 is 2.00 bits per heavy atom. The first-order valence-electron chi connectivity index (χ1n) is 5.98. The quantitative estimate of drug-likeness (QED) is 0.882. The van der Waals surface area contributed by atoms with Crippen LogP contribution in [0.2, 0.25) is 0 Å². The number of nitrogens with two attached hydrogens (primary N) is 1. The summed E-state index contributed by atoms with van der Waals surface area (Å²) in [4.78, 5) is 22.9. The molecule has 0 amide bonds. The summed E-state index contributed by atoms with van der Waals surface area (Å²) in [5.74, 6) is -0.458. The van der Waals surface area contributed by atoms with E-state index in [9.17, 15) is 9.59 Å². The van der Waals surface area contributed by atoms with Crippen LogP contribution in [0.15, 0.2) is 30.5 Å². The van der Waals surface area contributed by atoms with Crippen LogP contribution in [0.3, 0.4) is 0 Å². The maximum atomic E-state index is 11.6. The second kappa shape index (κ2) is 6.54. The molecule has 6 heteroatoms. The number of carbonyl (C=O) groups excluding carboxylic acids is 2. The smallest absolute Gasteiger partial charge is 0.307 e. The van der Waals surface area contributed by atoms with Crippen LogP contribution in [0.5, 0.6) is 0 Å². The van der Waals surface area contributed by atoms with Crippen molar-refractivity contribution in [2.24, 2.45) is 5.73 Å². The van der Waals surface area contributed by atoms with Crippen LogP contribution in [0.4, 0.5) is 0 Å². The minimum Gasteiger partial charge on any atom is -0.469 e. The number of rotatable bonds is 3. The SMILES string of the molecule is COC(=O)C[C@@H](N)c1cn(C(C)=O)c2ccccc12.Cl. The number of benzene rings is 1. The molecule has 0 radical (unpaired) electrons. The average Bonchev–Trinajstić information content (AvgIpc) is 2.78. The molecule has 1 aromatic carbocycles. The molecule has 1 atom stereocenters. The maximum absolute atomic E-state index is 11.6. The minimum atomic E-state index is -0.488. The largest absolute Gasteiger partial charge is 0.469 e. The predicted octanol–water partition coefficient (Wildman–Crippen LogP) is 2.29. The molecule has 108 valence electrons. The van der Waals surface area contributed by atoms with Gasteiger partial charge in [-0.3, -0.25) is 14.2 Å². The molecule has 0 aliphatic heterocycles. The number of aromatic nitrogens is 1. The van der Waals surface area contributed by atoms with Gasteiger partial charge in [0.15, 0.2) is 0 Å². The second-order valence-corrected chi connectivity index (χ2v) is 4.38. The number of esters is 1. The van der Waals surface area contributed by atoms with Gasteiger partial charge in [0, 0.05) is 24.5 Å². The summed E-state index contributed by atoms with van der Waals surface area (Å²) in [5, 5.41) is 0.883. The molecule has 0 spiro atoms. The van der Waals surface area contributed by atoms with E-state index >= 15 is 0 Å².